The number of nitrogens with one attached hydrogen (secondary N) is 1. The van der Waals surface area contributed by atoms with Crippen molar-refractivity contribution < 1.29 is 19.1 Å². The fraction of sp³-hybridized carbons (Fsp3) is 0.333. The van der Waals surface area contributed by atoms with Crippen LogP contribution in [0.2, 0.25) is 0 Å². The first-order valence-corrected chi connectivity index (χ1v) is 9.34. The average Bonchev–Trinajstić information content (AvgIpc) is 3.02. The molecular formula is C21H23N3O4. The maximum absolute atomic E-state index is 12.7. The maximum Gasteiger partial charge on any atom is 0.339 e. The summed E-state index contributed by atoms with van der Waals surface area (Å²) in [4.78, 5) is 43.2. The average molecular weight is 381 g/mol. The number of carbonyl (C=O) groups is 3. The van der Waals surface area contributed by atoms with E-state index in [4.69, 9.17) is 4.74 Å². The van der Waals surface area contributed by atoms with Crippen molar-refractivity contribution in [1.29, 1.82) is 0 Å². The summed E-state index contributed by atoms with van der Waals surface area (Å²) >= 11 is 0. The Morgan fingerprint density at radius 3 is 2.46 bits per heavy atom. The first-order valence-electron chi connectivity index (χ1n) is 9.34. The zero-order valence-electron chi connectivity index (χ0n) is 15.8. The Labute approximate surface area is 163 Å². The van der Waals surface area contributed by atoms with Gasteiger partial charge in [0.1, 0.15) is 5.69 Å². The van der Waals surface area contributed by atoms with Crippen molar-refractivity contribution in [3.8, 4) is 0 Å². The van der Waals surface area contributed by atoms with Crippen LogP contribution in [0.4, 0.5) is 5.69 Å². The topological polar surface area (TPSA) is 88.6 Å². The van der Waals surface area contributed by atoms with Gasteiger partial charge >= 0.3 is 5.97 Å². The van der Waals surface area contributed by atoms with E-state index in [9.17, 15) is 14.4 Å². The highest BCUT2D eigenvalue weighted by atomic mass is 16.5. The number of benzene rings is 1. The van der Waals surface area contributed by atoms with Crippen molar-refractivity contribution >= 4 is 23.5 Å². The van der Waals surface area contributed by atoms with Gasteiger partial charge in [0.15, 0.2) is 0 Å². The van der Waals surface area contributed by atoms with E-state index in [0.29, 0.717) is 24.3 Å². The van der Waals surface area contributed by atoms with Gasteiger partial charge < -0.3 is 15.0 Å². The molecule has 0 saturated carbocycles. The van der Waals surface area contributed by atoms with Gasteiger partial charge in [0.05, 0.1) is 18.4 Å². The van der Waals surface area contributed by atoms with Crippen LogP contribution in [-0.2, 0) is 4.74 Å². The number of ether oxygens (including phenoxy) is 1. The van der Waals surface area contributed by atoms with E-state index >= 15 is 0 Å². The van der Waals surface area contributed by atoms with Gasteiger partial charge in [-0.25, -0.2) is 4.79 Å². The van der Waals surface area contributed by atoms with Gasteiger partial charge in [-0.05, 0) is 37.1 Å². The Morgan fingerprint density at radius 1 is 1.04 bits per heavy atom. The van der Waals surface area contributed by atoms with Crippen LogP contribution in [0, 0.1) is 0 Å². The zero-order valence-corrected chi connectivity index (χ0v) is 15.8. The molecule has 2 aromatic rings. The van der Waals surface area contributed by atoms with Gasteiger partial charge in [-0.1, -0.05) is 25.0 Å². The van der Waals surface area contributed by atoms with Gasteiger partial charge in [-0.15, -0.1) is 0 Å². The monoisotopic (exact) mass is 381 g/mol. The minimum absolute atomic E-state index is 0.161. The molecule has 1 fully saturated rings. The van der Waals surface area contributed by atoms with Crippen molar-refractivity contribution in [2.45, 2.75) is 25.7 Å². The predicted molar refractivity (Wildman–Crippen MR) is 104 cm³/mol. The minimum atomic E-state index is -0.539. The number of para-hydroxylation sites is 1. The molecule has 2 heterocycles. The molecule has 7 heteroatoms. The number of rotatable bonds is 4. The molecular weight excluding hydrogens is 358 g/mol. The fourth-order valence-electron chi connectivity index (χ4n) is 3.20. The Balaban J connectivity index is 1.78. The highest BCUT2D eigenvalue weighted by Crippen LogP contribution is 2.18. The molecule has 0 unspecified atom stereocenters. The van der Waals surface area contributed by atoms with Crippen molar-refractivity contribution in [2.75, 3.05) is 25.5 Å². The van der Waals surface area contributed by atoms with Gasteiger partial charge in [0.25, 0.3) is 11.8 Å². The number of carbonyl (C=O) groups excluding carboxylic acids is 3. The van der Waals surface area contributed by atoms with Crippen LogP contribution < -0.4 is 5.32 Å². The second-order valence-corrected chi connectivity index (χ2v) is 6.63. The highest BCUT2D eigenvalue weighted by Gasteiger charge is 2.20. The van der Waals surface area contributed by atoms with E-state index in [1.807, 2.05) is 0 Å². The number of pyridine rings is 1. The Bertz CT molecular complexity index is 873. The third-order valence-electron chi connectivity index (χ3n) is 4.72. The molecule has 0 aliphatic carbocycles. The molecule has 146 valence electrons. The van der Waals surface area contributed by atoms with Crippen molar-refractivity contribution in [2.24, 2.45) is 0 Å². The first kappa shape index (κ1) is 19.5. The van der Waals surface area contributed by atoms with Crippen LogP contribution in [0.1, 0.15) is 56.9 Å². The summed E-state index contributed by atoms with van der Waals surface area (Å²) < 4.78 is 4.74. The lowest BCUT2D eigenvalue weighted by Crippen LogP contribution is -2.32. The number of anilines is 1. The molecule has 3 rings (SSSR count). The van der Waals surface area contributed by atoms with E-state index in [1.54, 1.807) is 29.2 Å². The second-order valence-electron chi connectivity index (χ2n) is 6.63. The van der Waals surface area contributed by atoms with Crippen LogP contribution in [0.5, 0.6) is 0 Å². The molecule has 1 aliphatic heterocycles. The fourth-order valence-corrected chi connectivity index (χ4v) is 3.20. The lowest BCUT2D eigenvalue weighted by atomic mass is 10.1. The number of amides is 2. The van der Waals surface area contributed by atoms with Gasteiger partial charge in [0.2, 0.25) is 0 Å². The minimum Gasteiger partial charge on any atom is -0.465 e. The van der Waals surface area contributed by atoms with Crippen LogP contribution in [0.15, 0.2) is 42.6 Å². The third-order valence-corrected chi connectivity index (χ3v) is 4.72. The molecule has 1 aliphatic rings. The van der Waals surface area contributed by atoms with E-state index in [1.165, 1.54) is 25.4 Å². The predicted octanol–water partition coefficient (Wildman–Crippen LogP) is 3.14. The smallest absolute Gasteiger partial charge is 0.339 e. The largest absolute Gasteiger partial charge is 0.465 e. The molecule has 0 atom stereocenters. The zero-order chi connectivity index (χ0) is 19.9. The number of aromatic nitrogens is 1. The Kier molecular flexibility index (Phi) is 6.37. The molecule has 0 spiro atoms. The van der Waals surface area contributed by atoms with Crippen LogP contribution in [0.25, 0.3) is 0 Å². The van der Waals surface area contributed by atoms with E-state index < -0.39 is 11.9 Å². The standard InChI is InChI=1S/C21H23N3O4/c1-28-21(27)16-8-4-5-9-17(16)23-19(25)15-10-11-22-18(14-15)20(26)24-12-6-2-3-7-13-24/h4-5,8-11,14H,2-3,6-7,12-13H2,1H3,(H,23,25). The Hall–Kier alpha value is -3.22. The highest BCUT2D eigenvalue weighted by molar-refractivity contribution is 6.08. The molecule has 0 bridgehead atoms. The van der Waals surface area contributed by atoms with Crippen LogP contribution in [0.3, 0.4) is 0 Å². The maximum atomic E-state index is 12.7. The quantitative estimate of drug-likeness (QED) is 0.822. The molecule has 2 amide bonds. The van der Waals surface area contributed by atoms with Crippen molar-refractivity contribution in [3.05, 3.63) is 59.4 Å². The molecule has 1 aromatic carbocycles. The number of nitrogens with zero attached hydrogens (tertiary/aromatic N) is 2. The van der Waals surface area contributed by atoms with Crippen LogP contribution >= 0.6 is 0 Å². The lowest BCUT2D eigenvalue weighted by Gasteiger charge is -2.19. The number of likely N-dealkylation sites (tertiary alicyclic amines) is 1. The van der Waals surface area contributed by atoms with Gasteiger partial charge in [0, 0.05) is 24.8 Å². The molecule has 1 aromatic heterocycles. The summed E-state index contributed by atoms with van der Waals surface area (Å²) in [5.41, 5.74) is 1.15. The van der Waals surface area contributed by atoms with Gasteiger partial charge in [-0.3, -0.25) is 14.6 Å². The second kappa shape index (κ2) is 9.12. The molecule has 1 N–H and O–H groups in total. The number of methoxy groups -OCH3 is 1. The Morgan fingerprint density at radius 2 is 1.75 bits per heavy atom. The van der Waals surface area contributed by atoms with Crippen LogP contribution in [-0.4, -0.2) is 47.9 Å². The van der Waals surface area contributed by atoms with E-state index in [2.05, 4.69) is 10.3 Å². The molecule has 7 nitrogen and oxygen atoms in total. The van der Waals surface area contributed by atoms with Gasteiger partial charge in [-0.2, -0.15) is 0 Å². The SMILES string of the molecule is COC(=O)c1ccccc1NC(=O)c1ccnc(C(=O)N2CCCCCC2)c1. The summed E-state index contributed by atoms with van der Waals surface area (Å²) in [6, 6.07) is 9.62. The van der Waals surface area contributed by atoms with E-state index in [0.717, 1.165) is 25.7 Å². The third kappa shape index (κ3) is 4.54. The summed E-state index contributed by atoms with van der Waals surface area (Å²) in [6.07, 6.45) is 5.66. The van der Waals surface area contributed by atoms with Crippen molar-refractivity contribution in [3.63, 3.8) is 0 Å². The summed E-state index contributed by atoms with van der Waals surface area (Å²) in [7, 11) is 1.28. The molecule has 28 heavy (non-hydrogen) atoms. The summed E-state index contributed by atoms with van der Waals surface area (Å²) in [5, 5.41) is 2.71. The van der Waals surface area contributed by atoms with Crippen molar-refractivity contribution in [1.82, 2.24) is 9.88 Å². The number of hydrogen-bond donors (Lipinski definition) is 1. The number of hydrogen-bond acceptors (Lipinski definition) is 5. The van der Waals surface area contributed by atoms with E-state index in [-0.39, 0.29) is 17.2 Å². The molecule has 0 radical (unpaired) electrons. The summed E-state index contributed by atoms with van der Waals surface area (Å²) in [6.45, 7) is 1.42. The summed E-state index contributed by atoms with van der Waals surface area (Å²) in [5.74, 6) is -1.13. The lowest BCUT2D eigenvalue weighted by molar-refractivity contribution is 0.0601. The molecule has 1 saturated heterocycles. The first-order chi connectivity index (χ1) is 13.6. The number of esters is 1. The normalized spacial score (nSPS) is 14.1.